The maximum atomic E-state index is 4.54. The Morgan fingerprint density at radius 3 is 2.41 bits per heavy atom. The van der Waals surface area contributed by atoms with Gasteiger partial charge in [0.1, 0.15) is 0 Å². The van der Waals surface area contributed by atoms with Crippen molar-refractivity contribution in [3.05, 3.63) is 24.0 Å². The lowest BCUT2D eigenvalue weighted by atomic mass is 10.0. The van der Waals surface area contributed by atoms with Gasteiger partial charge in [-0.25, -0.2) is 0 Å². The minimum atomic E-state index is 0.320. The molecule has 1 N–H and O–H groups in total. The van der Waals surface area contributed by atoms with Gasteiger partial charge in [-0.05, 0) is 37.9 Å². The fourth-order valence-electron chi connectivity index (χ4n) is 2.33. The van der Waals surface area contributed by atoms with E-state index >= 15 is 0 Å². The second-order valence-electron chi connectivity index (χ2n) is 5.31. The fourth-order valence-corrected chi connectivity index (χ4v) is 2.33. The topological polar surface area (TPSA) is 28.2 Å². The molecule has 1 fully saturated rings. The van der Waals surface area contributed by atoms with Gasteiger partial charge in [-0.15, -0.1) is 0 Å². The minimum absolute atomic E-state index is 0.320. The monoisotopic (exact) mass is 233 g/mol. The second kappa shape index (κ2) is 5.05. The summed E-state index contributed by atoms with van der Waals surface area (Å²) in [6, 6.07) is 4.64. The van der Waals surface area contributed by atoms with Gasteiger partial charge in [-0.2, -0.15) is 0 Å². The molecule has 0 radical (unpaired) electrons. The van der Waals surface area contributed by atoms with Crippen LogP contribution in [0.3, 0.4) is 0 Å². The lowest BCUT2D eigenvalue weighted by Crippen LogP contribution is -2.20. The van der Waals surface area contributed by atoms with Crippen LogP contribution < -0.4 is 10.2 Å². The molecule has 17 heavy (non-hydrogen) atoms. The Kier molecular flexibility index (Phi) is 3.67. The molecule has 0 aliphatic carbocycles. The molecule has 0 saturated carbocycles. The van der Waals surface area contributed by atoms with Gasteiger partial charge in [0, 0.05) is 19.1 Å². The normalized spacial score (nSPS) is 26.2. The van der Waals surface area contributed by atoms with Crippen LogP contribution in [0.5, 0.6) is 0 Å². The first-order chi connectivity index (χ1) is 8.11. The van der Waals surface area contributed by atoms with E-state index in [1.807, 2.05) is 13.2 Å². The van der Waals surface area contributed by atoms with Gasteiger partial charge in [0.05, 0.1) is 17.6 Å². The summed E-state index contributed by atoms with van der Waals surface area (Å²) in [7, 11) is 1.96. The van der Waals surface area contributed by atoms with E-state index in [0.29, 0.717) is 6.04 Å². The SMILES string of the molecule is CNC(C)c1ccc(N2CC(C)C(C)C2)cn1. The number of aromatic nitrogens is 1. The van der Waals surface area contributed by atoms with Gasteiger partial charge >= 0.3 is 0 Å². The summed E-state index contributed by atoms with van der Waals surface area (Å²) in [5, 5.41) is 3.21. The number of rotatable bonds is 3. The van der Waals surface area contributed by atoms with Crippen LogP contribution in [-0.2, 0) is 0 Å². The van der Waals surface area contributed by atoms with E-state index in [4.69, 9.17) is 0 Å². The zero-order chi connectivity index (χ0) is 12.4. The van der Waals surface area contributed by atoms with E-state index in [0.717, 1.165) is 30.6 Å². The van der Waals surface area contributed by atoms with Gasteiger partial charge in [-0.1, -0.05) is 13.8 Å². The summed E-state index contributed by atoms with van der Waals surface area (Å²) in [5.74, 6) is 1.57. The van der Waals surface area contributed by atoms with Gasteiger partial charge in [-0.3, -0.25) is 4.98 Å². The standard InChI is InChI=1S/C14H23N3/c1-10-8-17(9-11(10)2)13-5-6-14(16-7-13)12(3)15-4/h5-7,10-12,15H,8-9H2,1-4H3. The smallest absolute Gasteiger partial charge is 0.0571 e. The predicted molar refractivity (Wildman–Crippen MR) is 72.3 cm³/mol. The van der Waals surface area contributed by atoms with E-state index in [1.54, 1.807) is 0 Å². The molecule has 2 heterocycles. The summed E-state index contributed by atoms with van der Waals surface area (Å²) in [5.41, 5.74) is 2.37. The molecule has 0 aromatic carbocycles. The Bertz CT molecular complexity index is 350. The third-order valence-corrected chi connectivity index (χ3v) is 4.00. The van der Waals surface area contributed by atoms with Crippen LogP contribution in [0.15, 0.2) is 18.3 Å². The Labute approximate surface area is 104 Å². The molecule has 1 aliphatic heterocycles. The van der Waals surface area contributed by atoms with Crippen molar-refractivity contribution in [2.24, 2.45) is 11.8 Å². The Morgan fingerprint density at radius 1 is 1.29 bits per heavy atom. The van der Waals surface area contributed by atoms with E-state index in [2.05, 4.69) is 48.1 Å². The van der Waals surface area contributed by atoms with Gasteiger partial charge in [0.25, 0.3) is 0 Å². The van der Waals surface area contributed by atoms with Crippen LogP contribution in [0.2, 0.25) is 0 Å². The van der Waals surface area contributed by atoms with Crippen molar-refractivity contribution in [1.82, 2.24) is 10.3 Å². The highest BCUT2D eigenvalue weighted by molar-refractivity contribution is 5.46. The third kappa shape index (κ3) is 2.60. The average molecular weight is 233 g/mol. The molecule has 3 atom stereocenters. The highest BCUT2D eigenvalue weighted by atomic mass is 15.2. The predicted octanol–water partition coefficient (Wildman–Crippen LogP) is 2.45. The first-order valence-corrected chi connectivity index (χ1v) is 6.50. The molecule has 3 nitrogen and oxygen atoms in total. The van der Waals surface area contributed by atoms with Crippen molar-refractivity contribution in [2.45, 2.75) is 26.8 Å². The third-order valence-electron chi connectivity index (χ3n) is 4.00. The Hall–Kier alpha value is -1.09. The summed E-state index contributed by atoms with van der Waals surface area (Å²) < 4.78 is 0. The zero-order valence-corrected chi connectivity index (χ0v) is 11.3. The van der Waals surface area contributed by atoms with E-state index < -0.39 is 0 Å². The molecule has 94 valence electrons. The Balaban J connectivity index is 2.08. The van der Waals surface area contributed by atoms with Crippen LogP contribution in [0, 0.1) is 11.8 Å². The molecule has 3 unspecified atom stereocenters. The van der Waals surface area contributed by atoms with E-state index in [9.17, 15) is 0 Å². The first-order valence-electron chi connectivity index (χ1n) is 6.50. The minimum Gasteiger partial charge on any atom is -0.370 e. The van der Waals surface area contributed by atoms with Crippen LogP contribution in [0.4, 0.5) is 5.69 Å². The number of hydrogen-bond acceptors (Lipinski definition) is 3. The lowest BCUT2D eigenvalue weighted by molar-refractivity contribution is 0.494. The van der Waals surface area contributed by atoms with E-state index in [-0.39, 0.29) is 0 Å². The number of pyridine rings is 1. The van der Waals surface area contributed by atoms with Gasteiger partial charge < -0.3 is 10.2 Å². The van der Waals surface area contributed by atoms with Crippen molar-refractivity contribution >= 4 is 5.69 Å². The number of anilines is 1. The number of nitrogens with zero attached hydrogens (tertiary/aromatic N) is 2. The molecular weight excluding hydrogens is 210 g/mol. The van der Waals surface area contributed by atoms with Crippen LogP contribution in [-0.4, -0.2) is 25.1 Å². The molecule has 2 rings (SSSR count). The van der Waals surface area contributed by atoms with Crippen molar-refractivity contribution in [2.75, 3.05) is 25.0 Å². The quantitative estimate of drug-likeness (QED) is 0.869. The van der Waals surface area contributed by atoms with Crippen molar-refractivity contribution in [1.29, 1.82) is 0 Å². The molecule has 1 aliphatic rings. The molecule has 3 heteroatoms. The number of nitrogens with one attached hydrogen (secondary N) is 1. The average Bonchev–Trinajstić information content (AvgIpc) is 2.69. The van der Waals surface area contributed by atoms with Crippen molar-refractivity contribution < 1.29 is 0 Å². The summed E-state index contributed by atoms with van der Waals surface area (Å²) in [6.45, 7) is 9.10. The molecule has 0 spiro atoms. The van der Waals surface area contributed by atoms with Crippen molar-refractivity contribution in [3.63, 3.8) is 0 Å². The summed E-state index contributed by atoms with van der Waals surface area (Å²) in [6.07, 6.45) is 2.01. The summed E-state index contributed by atoms with van der Waals surface area (Å²) >= 11 is 0. The molecule has 1 aromatic rings. The molecular formula is C14H23N3. The highest BCUT2D eigenvalue weighted by Crippen LogP contribution is 2.27. The molecule has 1 aromatic heterocycles. The lowest BCUT2D eigenvalue weighted by Gasteiger charge is -2.19. The largest absolute Gasteiger partial charge is 0.370 e. The molecule has 0 bridgehead atoms. The summed E-state index contributed by atoms with van der Waals surface area (Å²) in [4.78, 5) is 6.98. The van der Waals surface area contributed by atoms with Crippen molar-refractivity contribution in [3.8, 4) is 0 Å². The Morgan fingerprint density at radius 2 is 1.94 bits per heavy atom. The maximum absolute atomic E-state index is 4.54. The maximum Gasteiger partial charge on any atom is 0.0571 e. The van der Waals surface area contributed by atoms with Crippen LogP contribution in [0.25, 0.3) is 0 Å². The molecule has 0 amide bonds. The fraction of sp³-hybridized carbons (Fsp3) is 0.643. The zero-order valence-electron chi connectivity index (χ0n) is 11.3. The van der Waals surface area contributed by atoms with Gasteiger partial charge in [0.15, 0.2) is 0 Å². The first kappa shape index (κ1) is 12.4. The van der Waals surface area contributed by atoms with Gasteiger partial charge in [0.2, 0.25) is 0 Å². The number of hydrogen-bond donors (Lipinski definition) is 1. The van der Waals surface area contributed by atoms with E-state index in [1.165, 1.54) is 5.69 Å². The second-order valence-corrected chi connectivity index (χ2v) is 5.31. The van der Waals surface area contributed by atoms with Crippen LogP contribution in [0.1, 0.15) is 32.5 Å². The molecule has 1 saturated heterocycles. The highest BCUT2D eigenvalue weighted by Gasteiger charge is 2.26. The van der Waals surface area contributed by atoms with Crippen LogP contribution >= 0.6 is 0 Å².